The van der Waals surface area contributed by atoms with Crippen LogP contribution in [0.4, 0.5) is 5.69 Å². The number of benzene rings is 4. The highest BCUT2D eigenvalue weighted by atomic mass is 32.2. The predicted octanol–water partition coefficient (Wildman–Crippen LogP) is 5.59. The van der Waals surface area contributed by atoms with Crippen molar-refractivity contribution in [3.8, 4) is 0 Å². The lowest BCUT2D eigenvalue weighted by Gasteiger charge is -2.35. The summed E-state index contributed by atoms with van der Waals surface area (Å²) in [7, 11) is -1.56. The van der Waals surface area contributed by atoms with Gasteiger partial charge in [-0.2, -0.15) is 0 Å². The average Bonchev–Trinajstić information content (AvgIpc) is 3.08. The van der Waals surface area contributed by atoms with E-state index in [1.54, 1.807) is 47.4 Å². The number of fused-ring (bicyclic) bond motifs is 2. The zero-order chi connectivity index (χ0) is 28.5. The van der Waals surface area contributed by atoms with Crippen molar-refractivity contribution in [2.24, 2.45) is 0 Å². The number of aryl methyl sites for hydroxylation is 2. The van der Waals surface area contributed by atoms with Gasteiger partial charge in [-0.1, -0.05) is 66.2 Å². The third-order valence-corrected chi connectivity index (χ3v) is 9.50. The van der Waals surface area contributed by atoms with Crippen molar-refractivity contribution >= 4 is 28.3 Å². The highest BCUT2D eigenvalue weighted by Crippen LogP contribution is 2.36. The minimum absolute atomic E-state index is 0.0705. The molecule has 41 heavy (non-hydrogen) atoms. The van der Waals surface area contributed by atoms with Gasteiger partial charge in [0.25, 0.3) is 11.8 Å². The standard InChI is InChI=1S/C34H33N3O3S/c1-24-12-13-25(2)28(20-24)23-37-30-21-27(14-15-32(30)41(40)31-11-7-6-10-29(31)34(37)39)33(38)36-18-16-35(17-19-36)22-26-8-4-3-5-9-26/h3-15,20-21H,16-19,22-23H2,1-2H3/t41-/m1/s1. The molecule has 2 aliphatic rings. The number of piperazine rings is 1. The molecular weight excluding hydrogens is 530 g/mol. The molecule has 0 unspecified atom stereocenters. The maximum Gasteiger partial charge on any atom is 0.259 e. The van der Waals surface area contributed by atoms with Gasteiger partial charge in [-0.05, 0) is 60.9 Å². The summed E-state index contributed by atoms with van der Waals surface area (Å²) in [5, 5.41) is 0. The molecule has 1 atom stereocenters. The fourth-order valence-corrected chi connectivity index (χ4v) is 6.97. The van der Waals surface area contributed by atoms with Gasteiger partial charge in [0, 0.05) is 38.3 Å². The first-order chi connectivity index (χ1) is 19.9. The van der Waals surface area contributed by atoms with Crippen LogP contribution < -0.4 is 4.90 Å². The zero-order valence-corrected chi connectivity index (χ0v) is 24.2. The Labute approximate surface area is 243 Å². The van der Waals surface area contributed by atoms with Crippen LogP contribution >= 0.6 is 0 Å². The molecule has 0 N–H and O–H groups in total. The molecule has 2 amide bonds. The molecule has 0 saturated carbocycles. The molecule has 6 rings (SSSR count). The maximum absolute atomic E-state index is 14.0. The Morgan fingerprint density at radius 2 is 1.51 bits per heavy atom. The fraction of sp³-hybridized carbons (Fsp3) is 0.235. The van der Waals surface area contributed by atoms with Gasteiger partial charge in [0.15, 0.2) is 0 Å². The highest BCUT2D eigenvalue weighted by Gasteiger charge is 2.32. The first kappa shape index (κ1) is 27.1. The summed E-state index contributed by atoms with van der Waals surface area (Å²) in [6.45, 7) is 8.09. The Morgan fingerprint density at radius 1 is 0.780 bits per heavy atom. The number of hydrogen-bond donors (Lipinski definition) is 0. The van der Waals surface area contributed by atoms with E-state index in [1.807, 2.05) is 36.9 Å². The van der Waals surface area contributed by atoms with Gasteiger partial charge in [-0.25, -0.2) is 4.21 Å². The molecule has 0 radical (unpaired) electrons. The average molecular weight is 564 g/mol. The summed E-state index contributed by atoms with van der Waals surface area (Å²) >= 11 is 0. The Balaban J connectivity index is 1.31. The lowest BCUT2D eigenvalue weighted by molar-refractivity contribution is 0.0628. The Morgan fingerprint density at radius 3 is 2.29 bits per heavy atom. The van der Waals surface area contributed by atoms with Crippen LogP contribution in [-0.4, -0.2) is 52.0 Å². The minimum atomic E-state index is -1.56. The van der Waals surface area contributed by atoms with E-state index in [4.69, 9.17) is 0 Å². The number of anilines is 1. The van der Waals surface area contributed by atoms with E-state index in [-0.39, 0.29) is 11.8 Å². The molecule has 4 aromatic carbocycles. The molecule has 0 spiro atoms. The van der Waals surface area contributed by atoms with Gasteiger partial charge in [0.05, 0.1) is 38.4 Å². The fourth-order valence-electron chi connectivity index (χ4n) is 5.63. The first-order valence-corrected chi connectivity index (χ1v) is 15.1. The highest BCUT2D eigenvalue weighted by molar-refractivity contribution is 7.85. The van der Waals surface area contributed by atoms with E-state index in [2.05, 4.69) is 35.2 Å². The van der Waals surface area contributed by atoms with Crippen LogP contribution in [0, 0.1) is 13.8 Å². The third-order valence-electron chi connectivity index (χ3n) is 8.00. The molecule has 208 valence electrons. The zero-order valence-electron chi connectivity index (χ0n) is 23.4. The van der Waals surface area contributed by atoms with Gasteiger partial charge in [0.1, 0.15) is 0 Å². The quantitative estimate of drug-likeness (QED) is 0.318. The lowest BCUT2D eigenvalue weighted by Crippen LogP contribution is -2.48. The van der Waals surface area contributed by atoms with Crippen molar-refractivity contribution in [1.29, 1.82) is 0 Å². The van der Waals surface area contributed by atoms with Crippen molar-refractivity contribution in [3.63, 3.8) is 0 Å². The van der Waals surface area contributed by atoms with Crippen LogP contribution in [-0.2, 0) is 23.9 Å². The molecule has 2 aliphatic heterocycles. The summed E-state index contributed by atoms with van der Waals surface area (Å²) in [5.74, 6) is -0.286. The van der Waals surface area contributed by atoms with Crippen molar-refractivity contribution in [1.82, 2.24) is 9.80 Å². The lowest BCUT2D eigenvalue weighted by atomic mass is 10.0. The number of amides is 2. The maximum atomic E-state index is 14.0. The van der Waals surface area contributed by atoms with Crippen LogP contribution in [0.3, 0.4) is 0 Å². The number of nitrogens with zero attached hydrogens (tertiary/aromatic N) is 3. The molecule has 0 aromatic heterocycles. The van der Waals surface area contributed by atoms with Crippen molar-refractivity contribution in [2.45, 2.75) is 36.7 Å². The van der Waals surface area contributed by atoms with Gasteiger partial charge in [0.2, 0.25) is 0 Å². The van der Waals surface area contributed by atoms with E-state index >= 15 is 0 Å². The van der Waals surface area contributed by atoms with E-state index in [9.17, 15) is 13.8 Å². The summed E-state index contributed by atoms with van der Waals surface area (Å²) in [6, 6.07) is 28.9. The van der Waals surface area contributed by atoms with Gasteiger partial charge in [-0.3, -0.25) is 14.5 Å². The molecule has 0 bridgehead atoms. The van der Waals surface area contributed by atoms with Crippen LogP contribution in [0.2, 0.25) is 0 Å². The number of rotatable bonds is 5. The summed E-state index contributed by atoms with van der Waals surface area (Å²) in [5.41, 5.74) is 5.91. The van der Waals surface area contributed by atoms with E-state index < -0.39 is 10.8 Å². The Hall–Kier alpha value is -4.07. The summed E-state index contributed by atoms with van der Waals surface area (Å²) in [4.78, 5) is 34.7. The smallest absolute Gasteiger partial charge is 0.259 e. The molecule has 2 heterocycles. The second kappa shape index (κ2) is 11.4. The van der Waals surface area contributed by atoms with Crippen molar-refractivity contribution in [2.75, 3.05) is 31.1 Å². The van der Waals surface area contributed by atoms with Crippen LogP contribution in [0.15, 0.2) is 101 Å². The molecule has 6 nitrogen and oxygen atoms in total. The summed E-state index contributed by atoms with van der Waals surface area (Å²) < 4.78 is 13.8. The van der Waals surface area contributed by atoms with Crippen LogP contribution in [0.1, 0.15) is 43.0 Å². The Bertz CT molecular complexity index is 1640. The van der Waals surface area contributed by atoms with Crippen LogP contribution in [0.25, 0.3) is 0 Å². The third kappa shape index (κ3) is 5.47. The predicted molar refractivity (Wildman–Crippen MR) is 162 cm³/mol. The van der Waals surface area contributed by atoms with E-state index in [0.717, 1.165) is 36.3 Å². The first-order valence-electron chi connectivity index (χ1n) is 14.0. The van der Waals surface area contributed by atoms with Gasteiger partial charge >= 0.3 is 0 Å². The van der Waals surface area contributed by atoms with Gasteiger partial charge < -0.3 is 9.80 Å². The summed E-state index contributed by atoms with van der Waals surface area (Å²) in [6.07, 6.45) is 0. The number of carbonyl (C=O) groups is 2. The number of carbonyl (C=O) groups excluding carboxylic acids is 2. The second-order valence-corrected chi connectivity index (χ2v) is 12.2. The molecular formula is C34H33N3O3S. The Kier molecular flexibility index (Phi) is 7.56. The monoisotopic (exact) mass is 563 g/mol. The van der Waals surface area contributed by atoms with Gasteiger partial charge in [-0.15, -0.1) is 0 Å². The normalized spacial score (nSPS) is 17.1. The molecule has 7 heteroatoms. The molecule has 0 aliphatic carbocycles. The molecule has 4 aromatic rings. The SMILES string of the molecule is Cc1ccc(C)c(CN2C(=O)c3ccccc3[S@@](=O)c3ccc(C(=O)N4CCN(Cc5ccccc5)CC4)cc32)c1. The van der Waals surface area contributed by atoms with Crippen molar-refractivity contribution < 1.29 is 13.8 Å². The van der Waals surface area contributed by atoms with E-state index in [1.165, 1.54) is 5.56 Å². The molecule has 1 saturated heterocycles. The topological polar surface area (TPSA) is 60.9 Å². The largest absolute Gasteiger partial charge is 0.336 e. The molecule has 1 fully saturated rings. The van der Waals surface area contributed by atoms with Crippen LogP contribution in [0.5, 0.6) is 0 Å². The van der Waals surface area contributed by atoms with Crippen molar-refractivity contribution in [3.05, 3.63) is 124 Å². The van der Waals surface area contributed by atoms with E-state index in [0.29, 0.717) is 46.2 Å². The number of hydrogen-bond acceptors (Lipinski definition) is 4. The second-order valence-electron chi connectivity index (χ2n) is 10.8. The minimum Gasteiger partial charge on any atom is -0.336 e.